The summed E-state index contributed by atoms with van der Waals surface area (Å²) in [5, 5.41) is 10.9. The molecule has 114 valence electrons. The predicted octanol–water partition coefficient (Wildman–Crippen LogP) is 2.83. The van der Waals surface area contributed by atoms with Gasteiger partial charge in [-0.2, -0.15) is 0 Å². The van der Waals surface area contributed by atoms with Crippen molar-refractivity contribution in [3.8, 4) is 0 Å². The lowest BCUT2D eigenvalue weighted by Gasteiger charge is -2.34. The molecular weight excluding hydrogens is 270 g/mol. The number of amides is 1. The smallest absolute Gasteiger partial charge is 0.292 e. The van der Waals surface area contributed by atoms with Crippen LogP contribution in [-0.4, -0.2) is 28.8 Å². The molecule has 1 saturated carbocycles. The highest BCUT2D eigenvalue weighted by atomic mass is 16.6. The second-order valence-corrected chi connectivity index (χ2v) is 5.84. The van der Waals surface area contributed by atoms with Gasteiger partial charge in [0, 0.05) is 19.2 Å². The number of anilines is 1. The number of hydrogen-bond acceptors (Lipinski definition) is 4. The Labute approximate surface area is 124 Å². The van der Waals surface area contributed by atoms with Gasteiger partial charge in [0.25, 0.3) is 11.6 Å². The molecule has 0 bridgehead atoms. The number of nitrogens with zero attached hydrogens (tertiary/aromatic N) is 2. The minimum atomic E-state index is -0.561. The summed E-state index contributed by atoms with van der Waals surface area (Å²) in [6, 6.07) is 4.54. The Balaban J connectivity index is 2.23. The molecule has 2 rings (SSSR count). The van der Waals surface area contributed by atoms with Gasteiger partial charge < -0.3 is 10.6 Å². The summed E-state index contributed by atoms with van der Waals surface area (Å²) >= 11 is 0. The highest BCUT2D eigenvalue weighted by molar-refractivity contribution is 6.01. The topological polar surface area (TPSA) is 89.5 Å². The number of nitro groups is 1. The molecule has 6 heteroatoms. The van der Waals surface area contributed by atoms with Crippen LogP contribution in [-0.2, 0) is 0 Å². The Bertz CT molecular complexity index is 559. The fourth-order valence-corrected chi connectivity index (χ4v) is 3.01. The van der Waals surface area contributed by atoms with Crippen molar-refractivity contribution in [1.29, 1.82) is 0 Å². The van der Waals surface area contributed by atoms with E-state index < -0.39 is 4.92 Å². The lowest BCUT2D eigenvalue weighted by molar-refractivity contribution is -0.383. The number of para-hydroxylation sites is 1. The standard InChI is InChI=1S/C15H21N3O3/c1-10-5-3-6-11(9-10)17(2)15(19)12-7-4-8-13(14(12)16)18(20)21/h4,7-8,10-11H,3,5-6,9,16H2,1-2H3. The number of nitrogens with two attached hydrogens (primary N) is 1. The Morgan fingerprint density at radius 1 is 1.43 bits per heavy atom. The summed E-state index contributed by atoms with van der Waals surface area (Å²) in [7, 11) is 1.75. The normalized spacial score (nSPS) is 21.8. The van der Waals surface area contributed by atoms with Gasteiger partial charge in [-0.25, -0.2) is 0 Å². The van der Waals surface area contributed by atoms with Crippen molar-refractivity contribution in [2.24, 2.45) is 5.92 Å². The summed E-state index contributed by atoms with van der Waals surface area (Å²) < 4.78 is 0. The third kappa shape index (κ3) is 3.15. The molecule has 0 heterocycles. The molecule has 21 heavy (non-hydrogen) atoms. The number of hydrogen-bond donors (Lipinski definition) is 1. The van der Waals surface area contributed by atoms with Gasteiger partial charge in [0.05, 0.1) is 10.5 Å². The number of nitro benzene ring substituents is 1. The van der Waals surface area contributed by atoms with Crippen LogP contribution in [0.1, 0.15) is 43.0 Å². The molecule has 1 amide bonds. The van der Waals surface area contributed by atoms with Crippen molar-refractivity contribution in [3.05, 3.63) is 33.9 Å². The fraction of sp³-hybridized carbons (Fsp3) is 0.533. The monoisotopic (exact) mass is 291 g/mol. The first-order valence-corrected chi connectivity index (χ1v) is 7.21. The van der Waals surface area contributed by atoms with E-state index >= 15 is 0 Å². The number of benzene rings is 1. The predicted molar refractivity (Wildman–Crippen MR) is 81.0 cm³/mol. The highest BCUT2D eigenvalue weighted by Crippen LogP contribution is 2.30. The average Bonchev–Trinajstić information content (AvgIpc) is 2.45. The maximum atomic E-state index is 12.6. The molecule has 0 aromatic heterocycles. The van der Waals surface area contributed by atoms with Crippen LogP contribution in [0.2, 0.25) is 0 Å². The molecular formula is C15H21N3O3. The molecule has 1 aliphatic carbocycles. The summed E-state index contributed by atoms with van der Waals surface area (Å²) in [4.78, 5) is 24.6. The Kier molecular flexibility index (Phi) is 4.45. The molecule has 0 aliphatic heterocycles. The van der Waals surface area contributed by atoms with Crippen LogP contribution >= 0.6 is 0 Å². The van der Waals surface area contributed by atoms with Gasteiger partial charge in [0.1, 0.15) is 5.69 Å². The zero-order valence-electron chi connectivity index (χ0n) is 12.4. The first-order valence-electron chi connectivity index (χ1n) is 7.21. The van der Waals surface area contributed by atoms with E-state index in [2.05, 4.69) is 6.92 Å². The van der Waals surface area contributed by atoms with Gasteiger partial charge in [-0.15, -0.1) is 0 Å². The molecule has 2 unspecified atom stereocenters. The Hall–Kier alpha value is -2.11. The van der Waals surface area contributed by atoms with E-state index in [-0.39, 0.29) is 28.9 Å². The van der Waals surface area contributed by atoms with Crippen molar-refractivity contribution in [2.45, 2.75) is 38.6 Å². The zero-order valence-corrected chi connectivity index (χ0v) is 12.4. The largest absolute Gasteiger partial charge is 0.393 e. The van der Waals surface area contributed by atoms with Crippen molar-refractivity contribution in [1.82, 2.24) is 4.90 Å². The van der Waals surface area contributed by atoms with Crippen LogP contribution in [0, 0.1) is 16.0 Å². The zero-order chi connectivity index (χ0) is 15.6. The van der Waals surface area contributed by atoms with Crippen molar-refractivity contribution >= 4 is 17.3 Å². The van der Waals surface area contributed by atoms with E-state index in [9.17, 15) is 14.9 Å². The molecule has 0 radical (unpaired) electrons. The molecule has 2 N–H and O–H groups in total. The maximum absolute atomic E-state index is 12.6. The molecule has 2 atom stereocenters. The minimum absolute atomic E-state index is 0.0526. The summed E-state index contributed by atoms with van der Waals surface area (Å²) in [6.45, 7) is 2.19. The van der Waals surface area contributed by atoms with Crippen molar-refractivity contribution in [3.63, 3.8) is 0 Å². The fourth-order valence-electron chi connectivity index (χ4n) is 3.01. The maximum Gasteiger partial charge on any atom is 0.292 e. The Morgan fingerprint density at radius 3 is 2.76 bits per heavy atom. The molecule has 1 fully saturated rings. The van der Waals surface area contributed by atoms with Crippen LogP contribution in [0.5, 0.6) is 0 Å². The van der Waals surface area contributed by atoms with Gasteiger partial charge in [-0.05, 0) is 24.8 Å². The average molecular weight is 291 g/mol. The number of carbonyl (C=O) groups is 1. The molecule has 0 spiro atoms. The quantitative estimate of drug-likeness (QED) is 0.527. The van der Waals surface area contributed by atoms with Crippen LogP contribution in [0.3, 0.4) is 0 Å². The van der Waals surface area contributed by atoms with E-state index in [0.717, 1.165) is 19.3 Å². The van der Waals surface area contributed by atoms with Crippen LogP contribution in [0.25, 0.3) is 0 Å². The number of rotatable bonds is 3. The van der Waals surface area contributed by atoms with Gasteiger partial charge in [0.2, 0.25) is 0 Å². The molecule has 1 aromatic rings. The molecule has 1 aromatic carbocycles. The van der Waals surface area contributed by atoms with E-state index in [4.69, 9.17) is 5.73 Å². The van der Waals surface area contributed by atoms with Gasteiger partial charge in [0.15, 0.2) is 0 Å². The van der Waals surface area contributed by atoms with E-state index in [1.54, 1.807) is 18.0 Å². The number of carbonyl (C=O) groups excluding carboxylic acids is 1. The molecule has 1 aliphatic rings. The number of nitrogen functional groups attached to an aromatic ring is 1. The van der Waals surface area contributed by atoms with Gasteiger partial charge in [-0.1, -0.05) is 25.8 Å². The van der Waals surface area contributed by atoms with E-state index in [0.29, 0.717) is 5.92 Å². The third-order valence-corrected chi connectivity index (χ3v) is 4.29. The van der Waals surface area contributed by atoms with Crippen LogP contribution < -0.4 is 5.73 Å². The lowest BCUT2D eigenvalue weighted by atomic mass is 9.86. The molecule has 0 saturated heterocycles. The van der Waals surface area contributed by atoms with Crippen LogP contribution in [0.4, 0.5) is 11.4 Å². The second-order valence-electron chi connectivity index (χ2n) is 5.84. The lowest BCUT2D eigenvalue weighted by Crippen LogP contribution is -2.40. The summed E-state index contributed by atoms with van der Waals surface area (Å²) in [5.41, 5.74) is 5.73. The Morgan fingerprint density at radius 2 is 2.14 bits per heavy atom. The van der Waals surface area contributed by atoms with Gasteiger partial charge >= 0.3 is 0 Å². The van der Waals surface area contributed by atoms with Crippen molar-refractivity contribution < 1.29 is 9.72 Å². The van der Waals surface area contributed by atoms with E-state index in [1.165, 1.54) is 18.6 Å². The SMILES string of the molecule is CC1CCCC(N(C)C(=O)c2cccc([N+](=O)[O-])c2N)C1. The first kappa shape index (κ1) is 15.3. The first-order chi connectivity index (χ1) is 9.91. The van der Waals surface area contributed by atoms with Crippen molar-refractivity contribution in [2.75, 3.05) is 12.8 Å². The van der Waals surface area contributed by atoms with Gasteiger partial charge in [-0.3, -0.25) is 14.9 Å². The highest BCUT2D eigenvalue weighted by Gasteiger charge is 2.28. The van der Waals surface area contributed by atoms with E-state index in [1.807, 2.05) is 0 Å². The second kappa shape index (κ2) is 6.11. The summed E-state index contributed by atoms with van der Waals surface area (Å²) in [5.74, 6) is 0.358. The summed E-state index contributed by atoms with van der Waals surface area (Å²) in [6.07, 6.45) is 4.24. The molecule has 6 nitrogen and oxygen atoms in total. The van der Waals surface area contributed by atoms with Crippen LogP contribution in [0.15, 0.2) is 18.2 Å². The minimum Gasteiger partial charge on any atom is -0.393 e. The third-order valence-electron chi connectivity index (χ3n) is 4.29.